The fraction of sp³-hybridized carbons (Fsp3) is 0.357. The summed E-state index contributed by atoms with van der Waals surface area (Å²) in [6.45, 7) is 1.70. The molecule has 0 N–H and O–H groups in total. The highest BCUT2D eigenvalue weighted by Crippen LogP contribution is 2.22. The Labute approximate surface area is 142 Å². The molecule has 0 saturated carbocycles. The second-order valence-corrected chi connectivity index (χ2v) is 9.92. The van der Waals surface area contributed by atoms with E-state index in [1.54, 1.807) is 19.1 Å². The zero-order valence-corrected chi connectivity index (χ0v) is 15.8. The second kappa shape index (κ2) is 6.28. The zero-order chi connectivity index (χ0) is 18.3. The molecule has 1 heterocycles. The zero-order valence-electron chi connectivity index (χ0n) is 14.1. The first kappa shape index (κ1) is 18.6. The summed E-state index contributed by atoms with van der Waals surface area (Å²) in [4.78, 5) is 0.183. The van der Waals surface area contributed by atoms with Crippen molar-refractivity contribution in [1.82, 2.24) is 18.4 Å². The van der Waals surface area contributed by atoms with Crippen molar-refractivity contribution >= 4 is 20.0 Å². The Kier molecular flexibility index (Phi) is 4.86. The van der Waals surface area contributed by atoms with Crippen molar-refractivity contribution in [3.63, 3.8) is 0 Å². The van der Waals surface area contributed by atoms with Crippen LogP contribution in [-0.4, -0.2) is 63.4 Å². The Morgan fingerprint density at radius 1 is 0.958 bits per heavy atom. The van der Waals surface area contributed by atoms with Gasteiger partial charge in [-0.2, -0.15) is 5.10 Å². The molecule has 10 heteroatoms. The largest absolute Gasteiger partial charge is 0.245 e. The third-order valence-electron chi connectivity index (χ3n) is 3.53. The maximum atomic E-state index is 12.4. The van der Waals surface area contributed by atoms with Crippen LogP contribution in [0.25, 0.3) is 5.69 Å². The predicted molar refractivity (Wildman–Crippen MR) is 90.0 cm³/mol. The molecule has 1 aromatic carbocycles. The minimum absolute atomic E-state index is 0.0325. The van der Waals surface area contributed by atoms with Crippen LogP contribution >= 0.6 is 0 Å². The molecule has 0 aliphatic carbocycles. The van der Waals surface area contributed by atoms with Gasteiger partial charge in [0.25, 0.3) is 0 Å². The van der Waals surface area contributed by atoms with Gasteiger partial charge < -0.3 is 0 Å². The average molecular weight is 372 g/mol. The van der Waals surface area contributed by atoms with Gasteiger partial charge in [0, 0.05) is 28.2 Å². The molecular weight excluding hydrogens is 352 g/mol. The Hall–Kier alpha value is -1.75. The van der Waals surface area contributed by atoms with Gasteiger partial charge in [-0.15, -0.1) is 0 Å². The molecule has 24 heavy (non-hydrogen) atoms. The highest BCUT2D eigenvalue weighted by atomic mass is 32.2. The second-order valence-electron chi connectivity index (χ2n) is 5.65. The molecule has 0 fully saturated rings. The SMILES string of the molecule is Cc1ccc(-n2cc(S(=O)(=O)N(C)C)cn2)cc1S(=O)(=O)N(C)C. The highest BCUT2D eigenvalue weighted by Gasteiger charge is 2.22. The van der Waals surface area contributed by atoms with Crippen LogP contribution in [0.15, 0.2) is 40.4 Å². The summed E-state index contributed by atoms with van der Waals surface area (Å²) < 4.78 is 52.6. The van der Waals surface area contributed by atoms with Crippen LogP contribution < -0.4 is 0 Å². The van der Waals surface area contributed by atoms with Gasteiger partial charge in [0.05, 0.1) is 23.0 Å². The van der Waals surface area contributed by atoms with Crippen molar-refractivity contribution < 1.29 is 16.8 Å². The number of aryl methyl sites for hydroxylation is 1. The van der Waals surface area contributed by atoms with E-state index >= 15 is 0 Å². The van der Waals surface area contributed by atoms with Crippen LogP contribution in [0.2, 0.25) is 0 Å². The van der Waals surface area contributed by atoms with E-state index in [0.29, 0.717) is 11.3 Å². The molecule has 0 amide bonds. The van der Waals surface area contributed by atoms with E-state index in [1.807, 2.05) is 0 Å². The predicted octanol–water partition coefficient (Wildman–Crippen LogP) is 0.681. The van der Waals surface area contributed by atoms with Gasteiger partial charge in [-0.1, -0.05) is 6.07 Å². The van der Waals surface area contributed by atoms with Crippen molar-refractivity contribution in [3.05, 3.63) is 36.2 Å². The Morgan fingerprint density at radius 3 is 2.08 bits per heavy atom. The first-order chi connectivity index (χ1) is 11.0. The van der Waals surface area contributed by atoms with E-state index in [-0.39, 0.29) is 9.79 Å². The summed E-state index contributed by atoms with van der Waals surface area (Å²) in [6.07, 6.45) is 2.58. The lowest BCUT2D eigenvalue weighted by atomic mass is 10.2. The molecule has 0 aliphatic heterocycles. The fourth-order valence-corrected chi connectivity index (χ4v) is 3.97. The third kappa shape index (κ3) is 3.22. The van der Waals surface area contributed by atoms with Crippen LogP contribution in [0.1, 0.15) is 5.56 Å². The summed E-state index contributed by atoms with van der Waals surface area (Å²) >= 11 is 0. The lowest BCUT2D eigenvalue weighted by Crippen LogP contribution is -2.23. The molecule has 2 rings (SSSR count). The van der Waals surface area contributed by atoms with E-state index < -0.39 is 20.0 Å². The average Bonchev–Trinajstić information content (AvgIpc) is 2.97. The molecule has 0 saturated heterocycles. The highest BCUT2D eigenvalue weighted by molar-refractivity contribution is 7.89. The molecular formula is C14H20N4O4S2. The van der Waals surface area contributed by atoms with E-state index in [2.05, 4.69) is 5.10 Å². The monoisotopic (exact) mass is 372 g/mol. The van der Waals surface area contributed by atoms with E-state index in [0.717, 1.165) is 8.61 Å². The first-order valence-electron chi connectivity index (χ1n) is 6.98. The maximum absolute atomic E-state index is 12.4. The normalized spacial score (nSPS) is 13.0. The smallest absolute Gasteiger partial charge is 0.240 e. The van der Waals surface area contributed by atoms with Gasteiger partial charge >= 0.3 is 0 Å². The van der Waals surface area contributed by atoms with Crippen LogP contribution in [0.4, 0.5) is 0 Å². The third-order valence-corrected chi connectivity index (χ3v) is 7.26. The number of aromatic nitrogens is 2. The Balaban J connectivity index is 2.55. The quantitative estimate of drug-likeness (QED) is 0.770. The summed E-state index contributed by atoms with van der Waals surface area (Å²) in [5.74, 6) is 0. The molecule has 0 unspecified atom stereocenters. The minimum atomic E-state index is -3.61. The number of hydrogen-bond acceptors (Lipinski definition) is 5. The molecule has 1 aromatic heterocycles. The van der Waals surface area contributed by atoms with E-state index in [4.69, 9.17) is 0 Å². The molecule has 0 bridgehead atoms. The number of sulfonamides is 2. The molecule has 0 radical (unpaired) electrons. The van der Waals surface area contributed by atoms with Gasteiger partial charge in [-0.25, -0.2) is 30.1 Å². The van der Waals surface area contributed by atoms with Crippen molar-refractivity contribution in [2.75, 3.05) is 28.2 Å². The van der Waals surface area contributed by atoms with Crippen LogP contribution in [0.5, 0.6) is 0 Å². The Bertz CT molecular complexity index is 960. The van der Waals surface area contributed by atoms with E-state index in [1.165, 1.54) is 51.3 Å². The topological polar surface area (TPSA) is 92.6 Å². The number of rotatable bonds is 5. The summed E-state index contributed by atoms with van der Waals surface area (Å²) in [5.41, 5.74) is 1.06. The molecule has 0 atom stereocenters. The molecule has 2 aromatic rings. The van der Waals surface area contributed by atoms with Gasteiger partial charge in [-0.05, 0) is 24.6 Å². The van der Waals surface area contributed by atoms with Gasteiger partial charge in [0.1, 0.15) is 4.90 Å². The number of nitrogens with zero attached hydrogens (tertiary/aromatic N) is 4. The Morgan fingerprint density at radius 2 is 1.54 bits per heavy atom. The van der Waals surface area contributed by atoms with Gasteiger partial charge in [0.15, 0.2) is 0 Å². The minimum Gasteiger partial charge on any atom is -0.240 e. The maximum Gasteiger partial charge on any atom is 0.245 e. The standard InChI is InChI=1S/C14H20N4O4S2/c1-11-6-7-12(8-14(11)24(21,22)17(4)5)18-10-13(9-15-18)23(19,20)16(2)3/h6-10H,1-5H3. The van der Waals surface area contributed by atoms with Crippen LogP contribution in [0, 0.1) is 6.92 Å². The van der Waals surface area contributed by atoms with Gasteiger partial charge in [0.2, 0.25) is 20.0 Å². The number of hydrogen-bond donors (Lipinski definition) is 0. The molecule has 0 spiro atoms. The van der Waals surface area contributed by atoms with E-state index in [9.17, 15) is 16.8 Å². The molecule has 8 nitrogen and oxygen atoms in total. The number of benzene rings is 1. The van der Waals surface area contributed by atoms with Gasteiger partial charge in [-0.3, -0.25) is 0 Å². The first-order valence-corrected chi connectivity index (χ1v) is 9.86. The van der Waals surface area contributed by atoms with Crippen molar-refractivity contribution in [2.45, 2.75) is 16.7 Å². The summed E-state index contributed by atoms with van der Waals surface area (Å²) in [7, 11) is -1.44. The fourth-order valence-electron chi connectivity index (χ4n) is 2.00. The van der Waals surface area contributed by atoms with Crippen molar-refractivity contribution in [3.8, 4) is 5.69 Å². The summed E-state index contributed by atoms with van der Waals surface area (Å²) in [6, 6.07) is 4.82. The molecule has 132 valence electrons. The lowest BCUT2D eigenvalue weighted by Gasteiger charge is -2.14. The summed E-state index contributed by atoms with van der Waals surface area (Å²) in [5, 5.41) is 4.04. The lowest BCUT2D eigenvalue weighted by molar-refractivity contribution is 0.519. The van der Waals surface area contributed by atoms with Crippen molar-refractivity contribution in [2.24, 2.45) is 0 Å². The van der Waals surface area contributed by atoms with Crippen molar-refractivity contribution in [1.29, 1.82) is 0 Å². The molecule has 0 aliphatic rings. The van der Waals surface area contributed by atoms with Crippen LogP contribution in [-0.2, 0) is 20.0 Å². The van der Waals surface area contributed by atoms with Crippen LogP contribution in [0.3, 0.4) is 0 Å².